The van der Waals surface area contributed by atoms with Gasteiger partial charge in [0.1, 0.15) is 0 Å². The second-order valence-electron chi connectivity index (χ2n) is 10.1. The molecule has 0 bridgehead atoms. The molecule has 6 heteroatoms. The van der Waals surface area contributed by atoms with Gasteiger partial charge >= 0.3 is 0 Å². The highest BCUT2D eigenvalue weighted by Crippen LogP contribution is 2.24. The number of morpholine rings is 1. The summed E-state index contributed by atoms with van der Waals surface area (Å²) < 4.78 is 5.64. The average Bonchev–Trinajstić information content (AvgIpc) is 2.91. The maximum Gasteiger partial charge on any atom is 0.254 e. The highest BCUT2D eigenvalue weighted by atomic mass is 16.5. The first kappa shape index (κ1) is 24.5. The Morgan fingerprint density at radius 3 is 2.67 bits per heavy atom. The zero-order valence-corrected chi connectivity index (χ0v) is 21.0. The minimum atomic E-state index is -0.185. The summed E-state index contributed by atoms with van der Waals surface area (Å²) in [5.41, 5.74) is 3.06. The molecule has 2 unspecified atom stereocenters. The van der Waals surface area contributed by atoms with Crippen molar-refractivity contribution in [2.75, 3.05) is 32.8 Å². The van der Waals surface area contributed by atoms with E-state index in [9.17, 15) is 9.59 Å². The molecule has 0 radical (unpaired) electrons. The van der Waals surface area contributed by atoms with Gasteiger partial charge in [-0.25, -0.2) is 0 Å². The van der Waals surface area contributed by atoms with Crippen LogP contribution in [0.25, 0.3) is 10.8 Å². The van der Waals surface area contributed by atoms with E-state index in [-0.39, 0.29) is 23.8 Å². The van der Waals surface area contributed by atoms with Gasteiger partial charge in [-0.3, -0.25) is 14.5 Å². The predicted molar refractivity (Wildman–Crippen MR) is 142 cm³/mol. The number of nitrogens with one attached hydrogen (secondary N) is 1. The normalized spacial score (nSPS) is 20.9. The first-order valence-corrected chi connectivity index (χ1v) is 13.0. The quantitative estimate of drug-likeness (QED) is 0.568. The fraction of sp³-hybridized carbons (Fsp3) is 0.400. The summed E-state index contributed by atoms with van der Waals surface area (Å²) in [6, 6.07) is 22.2. The Kier molecular flexibility index (Phi) is 7.63. The molecular formula is C30H35N3O3. The predicted octanol–water partition coefficient (Wildman–Crippen LogP) is 4.23. The summed E-state index contributed by atoms with van der Waals surface area (Å²) in [4.78, 5) is 30.7. The highest BCUT2D eigenvalue weighted by Gasteiger charge is 2.29. The van der Waals surface area contributed by atoms with Crippen LogP contribution in [0.3, 0.4) is 0 Å². The lowest BCUT2D eigenvalue weighted by atomic mass is 9.95. The van der Waals surface area contributed by atoms with E-state index in [2.05, 4.69) is 41.4 Å². The fourth-order valence-corrected chi connectivity index (χ4v) is 5.42. The van der Waals surface area contributed by atoms with E-state index in [1.165, 1.54) is 5.56 Å². The van der Waals surface area contributed by atoms with Crippen LogP contribution < -0.4 is 5.32 Å². The number of likely N-dealkylation sites (tertiary alicyclic amines) is 1. The first-order chi connectivity index (χ1) is 17.6. The molecule has 2 atom stereocenters. The molecular weight excluding hydrogens is 450 g/mol. The number of rotatable bonds is 6. The summed E-state index contributed by atoms with van der Waals surface area (Å²) in [5.74, 6) is -0.150. The lowest BCUT2D eigenvalue weighted by Gasteiger charge is -2.32. The molecule has 1 N–H and O–H groups in total. The molecule has 188 valence electrons. The van der Waals surface area contributed by atoms with Crippen molar-refractivity contribution in [3.8, 4) is 0 Å². The van der Waals surface area contributed by atoms with Crippen molar-refractivity contribution in [2.45, 2.75) is 39.0 Å². The molecule has 0 aromatic heterocycles. The van der Waals surface area contributed by atoms with Gasteiger partial charge in [0.05, 0.1) is 18.6 Å². The van der Waals surface area contributed by atoms with Crippen LogP contribution in [0.15, 0.2) is 66.7 Å². The van der Waals surface area contributed by atoms with Gasteiger partial charge in [-0.15, -0.1) is 0 Å². The number of hydrogen-bond donors (Lipinski definition) is 1. The third-order valence-corrected chi connectivity index (χ3v) is 7.29. The minimum Gasteiger partial charge on any atom is -0.376 e. The van der Waals surface area contributed by atoms with Crippen LogP contribution in [-0.4, -0.2) is 60.5 Å². The SMILES string of the molecule is CC1CN(Cc2cccc(CNC(=O)C3CCCN(C(=O)c4cccc5ccccc45)C3)c2)CCO1. The van der Waals surface area contributed by atoms with Crippen LogP contribution in [0.2, 0.25) is 0 Å². The summed E-state index contributed by atoms with van der Waals surface area (Å²) >= 11 is 0. The number of carbonyl (C=O) groups excluding carboxylic acids is 2. The molecule has 2 heterocycles. The molecule has 36 heavy (non-hydrogen) atoms. The zero-order valence-electron chi connectivity index (χ0n) is 21.0. The van der Waals surface area contributed by atoms with Crippen LogP contribution >= 0.6 is 0 Å². The van der Waals surface area contributed by atoms with Crippen molar-refractivity contribution in [3.05, 3.63) is 83.4 Å². The van der Waals surface area contributed by atoms with Gasteiger partial charge < -0.3 is 15.0 Å². The molecule has 2 saturated heterocycles. The zero-order chi connectivity index (χ0) is 24.9. The molecule has 3 aromatic carbocycles. The summed E-state index contributed by atoms with van der Waals surface area (Å²) in [6.07, 6.45) is 1.91. The Morgan fingerprint density at radius 2 is 1.78 bits per heavy atom. The molecule has 2 amide bonds. The van der Waals surface area contributed by atoms with Gasteiger partial charge in [-0.2, -0.15) is 0 Å². The smallest absolute Gasteiger partial charge is 0.254 e. The van der Waals surface area contributed by atoms with Crippen molar-refractivity contribution in [1.82, 2.24) is 15.1 Å². The van der Waals surface area contributed by atoms with E-state index in [1.54, 1.807) is 0 Å². The van der Waals surface area contributed by atoms with E-state index in [1.807, 2.05) is 47.4 Å². The number of nitrogens with zero attached hydrogens (tertiary/aromatic N) is 2. The van der Waals surface area contributed by atoms with Crippen LogP contribution in [-0.2, 0) is 22.6 Å². The second kappa shape index (κ2) is 11.2. The average molecular weight is 486 g/mol. The Hall–Kier alpha value is -3.22. The lowest BCUT2D eigenvalue weighted by Crippen LogP contribution is -2.45. The van der Waals surface area contributed by atoms with E-state index in [4.69, 9.17) is 4.74 Å². The Bertz CT molecular complexity index is 1220. The van der Waals surface area contributed by atoms with Crippen molar-refractivity contribution in [2.24, 2.45) is 5.92 Å². The van der Waals surface area contributed by atoms with Gasteiger partial charge in [-0.05, 0) is 47.7 Å². The maximum absolute atomic E-state index is 13.4. The van der Waals surface area contributed by atoms with E-state index in [0.717, 1.165) is 55.4 Å². The van der Waals surface area contributed by atoms with Gasteiger partial charge in [0.2, 0.25) is 5.91 Å². The maximum atomic E-state index is 13.4. The van der Waals surface area contributed by atoms with Crippen LogP contribution in [0.5, 0.6) is 0 Å². The van der Waals surface area contributed by atoms with E-state index < -0.39 is 0 Å². The van der Waals surface area contributed by atoms with E-state index in [0.29, 0.717) is 25.2 Å². The number of fused-ring (bicyclic) bond motifs is 1. The Labute approximate surface area is 213 Å². The van der Waals surface area contributed by atoms with Crippen LogP contribution in [0.1, 0.15) is 41.3 Å². The van der Waals surface area contributed by atoms with Gasteiger partial charge in [0, 0.05) is 44.8 Å². The highest BCUT2D eigenvalue weighted by molar-refractivity contribution is 6.07. The molecule has 0 saturated carbocycles. The van der Waals surface area contributed by atoms with Crippen molar-refractivity contribution in [1.29, 1.82) is 0 Å². The standard InChI is InChI=1S/C30H35N3O3/c1-22-19-32(15-16-36-22)20-24-8-4-7-23(17-24)18-31-29(34)26-11-6-14-33(21-26)30(35)28-13-5-10-25-9-2-3-12-27(25)28/h2-5,7-10,12-13,17,22,26H,6,11,14-16,18-21H2,1H3,(H,31,34). The third kappa shape index (κ3) is 5.77. The summed E-state index contributed by atoms with van der Waals surface area (Å²) in [7, 11) is 0. The Morgan fingerprint density at radius 1 is 0.972 bits per heavy atom. The largest absolute Gasteiger partial charge is 0.376 e. The van der Waals surface area contributed by atoms with E-state index >= 15 is 0 Å². The van der Waals surface area contributed by atoms with Crippen LogP contribution in [0, 0.1) is 5.92 Å². The van der Waals surface area contributed by atoms with Crippen molar-refractivity contribution in [3.63, 3.8) is 0 Å². The molecule has 0 aliphatic carbocycles. The van der Waals surface area contributed by atoms with Crippen LogP contribution in [0.4, 0.5) is 0 Å². The molecule has 5 rings (SSSR count). The number of ether oxygens (including phenoxy) is 1. The van der Waals surface area contributed by atoms with Gasteiger partial charge in [0.25, 0.3) is 5.91 Å². The fourth-order valence-electron chi connectivity index (χ4n) is 5.42. The lowest BCUT2D eigenvalue weighted by molar-refractivity contribution is -0.126. The van der Waals surface area contributed by atoms with Gasteiger partial charge in [-0.1, -0.05) is 60.7 Å². The monoisotopic (exact) mass is 485 g/mol. The second-order valence-corrected chi connectivity index (χ2v) is 10.1. The number of hydrogen-bond acceptors (Lipinski definition) is 4. The number of amides is 2. The van der Waals surface area contributed by atoms with Gasteiger partial charge in [0.15, 0.2) is 0 Å². The molecule has 2 fully saturated rings. The number of piperidine rings is 1. The number of carbonyl (C=O) groups is 2. The molecule has 2 aliphatic heterocycles. The molecule has 6 nitrogen and oxygen atoms in total. The van der Waals surface area contributed by atoms with Crippen molar-refractivity contribution >= 4 is 22.6 Å². The Balaban J connectivity index is 1.18. The van der Waals surface area contributed by atoms with Crippen molar-refractivity contribution < 1.29 is 14.3 Å². The molecule has 0 spiro atoms. The molecule has 2 aliphatic rings. The molecule has 3 aromatic rings. The summed E-state index contributed by atoms with van der Waals surface area (Å²) in [6.45, 7) is 7.32. The summed E-state index contributed by atoms with van der Waals surface area (Å²) in [5, 5.41) is 5.14. The minimum absolute atomic E-state index is 0.00873. The first-order valence-electron chi connectivity index (χ1n) is 13.0. The third-order valence-electron chi connectivity index (χ3n) is 7.29. The topological polar surface area (TPSA) is 61.9 Å². The number of benzene rings is 3.